The van der Waals surface area contributed by atoms with Crippen LogP contribution in [-0.4, -0.2) is 58.7 Å². The van der Waals surface area contributed by atoms with E-state index >= 15 is 0 Å². The first kappa shape index (κ1) is 40.3. The molecule has 37 heavy (non-hydrogen) atoms. The van der Waals surface area contributed by atoms with E-state index in [0.717, 1.165) is 25.7 Å². The first-order chi connectivity index (χ1) is 18.0. The summed E-state index contributed by atoms with van der Waals surface area (Å²) in [4.78, 5) is 20.5. The van der Waals surface area contributed by atoms with Gasteiger partial charge in [0.05, 0.1) is 13.2 Å². The Bertz CT molecular complexity index is 430. The maximum absolute atomic E-state index is 10.3. The first-order valence-corrected chi connectivity index (χ1v) is 15.3. The predicted octanol–water partition coefficient (Wildman–Crippen LogP) is 7.32. The molecule has 224 valence electrons. The van der Waals surface area contributed by atoms with Gasteiger partial charge in [0.25, 0.3) is 0 Å². The van der Waals surface area contributed by atoms with Crippen LogP contribution in [0.3, 0.4) is 0 Å². The van der Waals surface area contributed by atoms with E-state index in [1.54, 1.807) is 0 Å². The molecule has 7 nitrogen and oxygen atoms in total. The number of unbranched alkanes of at least 4 members (excludes halogenated alkanes) is 18. The third-order valence-corrected chi connectivity index (χ3v) is 6.07. The zero-order valence-corrected chi connectivity index (χ0v) is 24.5. The Hall–Kier alpha value is -1.18. The van der Waals surface area contributed by atoms with Crippen molar-refractivity contribution in [1.29, 1.82) is 0 Å². The molecule has 0 saturated heterocycles. The van der Waals surface area contributed by atoms with Gasteiger partial charge in [0.15, 0.2) is 0 Å². The predicted molar refractivity (Wildman–Crippen MR) is 155 cm³/mol. The molecule has 7 heteroatoms. The van der Waals surface area contributed by atoms with Crippen molar-refractivity contribution in [3.63, 3.8) is 0 Å². The van der Waals surface area contributed by atoms with Crippen molar-refractivity contribution >= 4 is 11.9 Å². The maximum Gasteiger partial charge on any atom is 0.303 e. The maximum atomic E-state index is 10.3. The molecule has 0 aromatic heterocycles. The van der Waals surface area contributed by atoms with E-state index < -0.39 is 11.9 Å². The number of hydrogen-bond acceptors (Lipinski definition) is 5. The number of carbonyl (C=O) groups is 2. The third-order valence-electron chi connectivity index (χ3n) is 6.07. The SMILES string of the molecule is CCCCCCCCCCCC(=O)O.CCCCCCCCCCCCCC(=O)O.OCCNCCO. The molecule has 0 heterocycles. The van der Waals surface area contributed by atoms with Crippen molar-refractivity contribution in [2.45, 2.75) is 155 Å². The molecule has 0 saturated carbocycles. The number of carboxylic acid groups (broad SMARTS) is 2. The average Bonchev–Trinajstić information content (AvgIpc) is 2.87. The van der Waals surface area contributed by atoms with Crippen molar-refractivity contribution in [2.75, 3.05) is 26.3 Å². The van der Waals surface area contributed by atoms with Gasteiger partial charge in [0.2, 0.25) is 0 Å². The van der Waals surface area contributed by atoms with Crippen LogP contribution in [0.15, 0.2) is 0 Å². The lowest BCUT2D eigenvalue weighted by Gasteiger charge is -2.01. The van der Waals surface area contributed by atoms with E-state index in [0.29, 0.717) is 25.9 Å². The number of aliphatic hydroxyl groups is 2. The second kappa shape index (κ2) is 39.3. The Kier molecular flexibility index (Phi) is 42.9. The quantitative estimate of drug-likeness (QED) is 0.0737. The smallest absolute Gasteiger partial charge is 0.303 e. The molecule has 0 radical (unpaired) electrons. The van der Waals surface area contributed by atoms with Crippen LogP contribution in [-0.2, 0) is 9.59 Å². The molecular weight excluding hydrogens is 470 g/mol. The van der Waals surface area contributed by atoms with Gasteiger partial charge in [0, 0.05) is 25.9 Å². The largest absolute Gasteiger partial charge is 0.481 e. The molecule has 0 atom stereocenters. The molecule has 0 spiro atoms. The standard InChI is InChI=1S/C14H28O2.C12H24O2.C4H11NO2/c1-2-3-4-5-6-7-8-9-10-11-12-13-14(15)16;1-2-3-4-5-6-7-8-9-10-11-12(13)14;6-3-1-5-2-4-7/h2-13H2,1H3,(H,15,16);2-11H2,1H3,(H,13,14);5-7H,1-4H2. The minimum Gasteiger partial charge on any atom is -0.481 e. The molecule has 0 bridgehead atoms. The van der Waals surface area contributed by atoms with E-state index in [1.165, 1.54) is 103 Å². The van der Waals surface area contributed by atoms with E-state index in [-0.39, 0.29) is 13.2 Å². The minimum atomic E-state index is -0.659. The average molecular weight is 534 g/mol. The number of carboxylic acids is 2. The van der Waals surface area contributed by atoms with Crippen molar-refractivity contribution in [3.05, 3.63) is 0 Å². The van der Waals surface area contributed by atoms with Crippen LogP contribution in [0.4, 0.5) is 0 Å². The molecule has 0 aromatic carbocycles. The van der Waals surface area contributed by atoms with Crippen LogP contribution in [0.5, 0.6) is 0 Å². The fraction of sp³-hybridized carbons (Fsp3) is 0.933. The van der Waals surface area contributed by atoms with Gasteiger partial charge in [-0.2, -0.15) is 0 Å². The molecule has 0 aliphatic rings. The molecule has 0 amide bonds. The minimum absolute atomic E-state index is 0.139. The van der Waals surface area contributed by atoms with Crippen LogP contribution >= 0.6 is 0 Å². The zero-order chi connectivity index (χ0) is 28.2. The van der Waals surface area contributed by atoms with E-state index in [2.05, 4.69) is 19.2 Å². The summed E-state index contributed by atoms with van der Waals surface area (Å²) in [7, 11) is 0. The third kappa shape index (κ3) is 52.1. The molecular formula is C30H63NO6. The van der Waals surface area contributed by atoms with E-state index in [4.69, 9.17) is 20.4 Å². The summed E-state index contributed by atoms with van der Waals surface area (Å²) in [6.07, 6.45) is 25.8. The molecule has 0 aromatic rings. The van der Waals surface area contributed by atoms with E-state index in [9.17, 15) is 9.59 Å². The van der Waals surface area contributed by atoms with Gasteiger partial charge in [-0.3, -0.25) is 9.59 Å². The zero-order valence-electron chi connectivity index (χ0n) is 24.5. The molecule has 0 fully saturated rings. The van der Waals surface area contributed by atoms with Crippen LogP contribution in [0.25, 0.3) is 0 Å². The highest BCUT2D eigenvalue weighted by Crippen LogP contribution is 2.12. The second-order valence-corrected chi connectivity index (χ2v) is 9.85. The number of nitrogens with one attached hydrogen (secondary N) is 1. The molecule has 0 aliphatic carbocycles. The van der Waals surface area contributed by atoms with Crippen molar-refractivity contribution in [3.8, 4) is 0 Å². The highest BCUT2D eigenvalue weighted by molar-refractivity contribution is 5.66. The summed E-state index contributed by atoms with van der Waals surface area (Å²) in [5, 5.41) is 36.0. The summed E-state index contributed by atoms with van der Waals surface area (Å²) in [5.74, 6) is -1.32. The van der Waals surface area contributed by atoms with Gasteiger partial charge in [-0.1, -0.05) is 129 Å². The number of aliphatic carboxylic acids is 2. The lowest BCUT2D eigenvalue weighted by molar-refractivity contribution is -0.138. The van der Waals surface area contributed by atoms with Crippen molar-refractivity contribution in [2.24, 2.45) is 0 Å². The number of rotatable bonds is 26. The van der Waals surface area contributed by atoms with Crippen LogP contribution < -0.4 is 5.32 Å². The Labute approximate surface area is 228 Å². The summed E-state index contributed by atoms with van der Waals surface area (Å²) in [5.41, 5.74) is 0. The van der Waals surface area contributed by atoms with Gasteiger partial charge in [-0.15, -0.1) is 0 Å². The summed E-state index contributed by atoms with van der Waals surface area (Å²) >= 11 is 0. The second-order valence-electron chi connectivity index (χ2n) is 9.85. The Balaban J connectivity index is -0.000000503. The lowest BCUT2D eigenvalue weighted by atomic mass is 10.1. The highest BCUT2D eigenvalue weighted by atomic mass is 16.4. The van der Waals surface area contributed by atoms with Gasteiger partial charge in [-0.25, -0.2) is 0 Å². The summed E-state index contributed by atoms with van der Waals surface area (Å²) in [6.45, 7) is 5.89. The van der Waals surface area contributed by atoms with Crippen LogP contribution in [0.1, 0.15) is 155 Å². The Morgan fingerprint density at radius 3 is 0.919 bits per heavy atom. The van der Waals surface area contributed by atoms with E-state index in [1.807, 2.05) is 0 Å². The van der Waals surface area contributed by atoms with Crippen molar-refractivity contribution < 1.29 is 30.0 Å². The van der Waals surface area contributed by atoms with Crippen LogP contribution in [0, 0.1) is 0 Å². The fourth-order valence-corrected chi connectivity index (χ4v) is 3.81. The van der Waals surface area contributed by atoms with Crippen LogP contribution in [0.2, 0.25) is 0 Å². The van der Waals surface area contributed by atoms with Gasteiger partial charge >= 0.3 is 11.9 Å². The van der Waals surface area contributed by atoms with Gasteiger partial charge < -0.3 is 25.7 Å². The molecule has 0 unspecified atom stereocenters. The van der Waals surface area contributed by atoms with Gasteiger partial charge in [-0.05, 0) is 12.8 Å². The topological polar surface area (TPSA) is 127 Å². The molecule has 0 rings (SSSR count). The summed E-state index contributed by atoms with van der Waals surface area (Å²) in [6, 6.07) is 0. The van der Waals surface area contributed by atoms with Crippen molar-refractivity contribution in [1.82, 2.24) is 5.32 Å². The molecule has 5 N–H and O–H groups in total. The lowest BCUT2D eigenvalue weighted by Crippen LogP contribution is -2.21. The molecule has 0 aliphatic heterocycles. The normalized spacial score (nSPS) is 10.3. The summed E-state index contributed by atoms with van der Waals surface area (Å²) < 4.78 is 0. The number of aliphatic hydroxyl groups excluding tert-OH is 2. The fourth-order valence-electron chi connectivity index (χ4n) is 3.81. The Morgan fingerprint density at radius 1 is 0.459 bits per heavy atom. The first-order valence-electron chi connectivity index (χ1n) is 15.3. The number of hydrogen-bond donors (Lipinski definition) is 5. The Morgan fingerprint density at radius 2 is 0.703 bits per heavy atom. The van der Waals surface area contributed by atoms with Gasteiger partial charge in [0.1, 0.15) is 0 Å². The highest BCUT2D eigenvalue weighted by Gasteiger charge is 1.97. The monoisotopic (exact) mass is 533 g/mol.